The van der Waals surface area contributed by atoms with Crippen molar-refractivity contribution in [2.24, 2.45) is 0 Å². The number of hydrogen-bond acceptors (Lipinski definition) is 4. The fraction of sp³-hybridized carbons (Fsp3) is 0.714. The zero-order valence-electron chi connectivity index (χ0n) is 7.39. The van der Waals surface area contributed by atoms with E-state index in [1.807, 2.05) is 0 Å². The molecule has 2 heterocycles. The molecule has 2 amide bonds. The minimum absolute atomic E-state index is 0.00792. The molecule has 0 bridgehead atoms. The number of hydrogen-bond donors (Lipinski definition) is 1. The SMILES string of the molecule is O=C1CN(C2CS(=O)(=O)C2)C(=O)CN1. The van der Waals surface area contributed by atoms with Crippen molar-refractivity contribution in [2.75, 3.05) is 24.6 Å². The summed E-state index contributed by atoms with van der Waals surface area (Å²) in [5.41, 5.74) is 0. The van der Waals surface area contributed by atoms with Crippen molar-refractivity contribution in [3.63, 3.8) is 0 Å². The first kappa shape index (κ1) is 9.45. The van der Waals surface area contributed by atoms with Crippen LogP contribution in [0.25, 0.3) is 0 Å². The van der Waals surface area contributed by atoms with Crippen LogP contribution in [0, 0.1) is 0 Å². The van der Waals surface area contributed by atoms with Gasteiger partial charge < -0.3 is 10.2 Å². The van der Waals surface area contributed by atoms with E-state index in [2.05, 4.69) is 5.32 Å². The summed E-state index contributed by atoms with van der Waals surface area (Å²) in [5.74, 6) is -0.448. The highest BCUT2D eigenvalue weighted by Gasteiger charge is 2.41. The summed E-state index contributed by atoms with van der Waals surface area (Å²) in [6, 6.07) is -0.293. The minimum atomic E-state index is -2.95. The van der Waals surface area contributed by atoms with Crippen molar-refractivity contribution >= 4 is 21.7 Å². The van der Waals surface area contributed by atoms with E-state index < -0.39 is 9.84 Å². The van der Waals surface area contributed by atoms with Crippen LogP contribution < -0.4 is 5.32 Å². The number of carbonyl (C=O) groups is 2. The maximum Gasteiger partial charge on any atom is 0.242 e. The highest BCUT2D eigenvalue weighted by atomic mass is 32.2. The van der Waals surface area contributed by atoms with Crippen molar-refractivity contribution in [1.29, 1.82) is 0 Å². The van der Waals surface area contributed by atoms with Crippen LogP contribution in [0.2, 0.25) is 0 Å². The molecule has 0 aromatic carbocycles. The van der Waals surface area contributed by atoms with Gasteiger partial charge in [0.15, 0.2) is 9.84 Å². The Labute approximate surface area is 81.2 Å². The van der Waals surface area contributed by atoms with E-state index in [0.717, 1.165) is 0 Å². The number of carbonyl (C=O) groups excluding carboxylic acids is 2. The average Bonchev–Trinajstić information content (AvgIpc) is 2.05. The molecule has 6 nitrogen and oxygen atoms in total. The van der Waals surface area contributed by atoms with Crippen LogP contribution >= 0.6 is 0 Å². The molecule has 0 radical (unpaired) electrons. The molecule has 0 saturated carbocycles. The molecule has 2 saturated heterocycles. The van der Waals surface area contributed by atoms with Crippen molar-refractivity contribution in [3.05, 3.63) is 0 Å². The quantitative estimate of drug-likeness (QED) is 0.538. The molecule has 0 aliphatic carbocycles. The number of amides is 2. The van der Waals surface area contributed by atoms with Gasteiger partial charge in [0.1, 0.15) is 0 Å². The molecule has 0 aromatic heterocycles. The molecule has 2 aliphatic rings. The second-order valence-corrected chi connectivity index (χ2v) is 5.68. The Morgan fingerprint density at radius 2 is 1.93 bits per heavy atom. The number of rotatable bonds is 1. The molecule has 0 aromatic rings. The summed E-state index contributed by atoms with van der Waals surface area (Å²) in [7, 11) is -2.95. The van der Waals surface area contributed by atoms with E-state index in [9.17, 15) is 18.0 Å². The number of sulfone groups is 1. The molecule has 7 heteroatoms. The van der Waals surface area contributed by atoms with Crippen LogP contribution in [0.4, 0.5) is 0 Å². The maximum absolute atomic E-state index is 11.3. The molecule has 0 spiro atoms. The molecule has 78 valence electrons. The summed E-state index contributed by atoms with van der Waals surface area (Å²) >= 11 is 0. The van der Waals surface area contributed by atoms with Gasteiger partial charge >= 0.3 is 0 Å². The molecule has 0 atom stereocenters. The lowest BCUT2D eigenvalue weighted by molar-refractivity contribution is -0.142. The smallest absolute Gasteiger partial charge is 0.242 e. The Bertz CT molecular complexity index is 376. The molecule has 2 rings (SSSR count). The first-order valence-corrected chi connectivity index (χ1v) is 6.07. The van der Waals surface area contributed by atoms with Crippen LogP contribution in [-0.4, -0.2) is 55.8 Å². The highest BCUT2D eigenvalue weighted by molar-refractivity contribution is 7.92. The van der Waals surface area contributed by atoms with E-state index in [1.165, 1.54) is 4.90 Å². The van der Waals surface area contributed by atoms with Crippen LogP contribution in [0.3, 0.4) is 0 Å². The van der Waals surface area contributed by atoms with Gasteiger partial charge in [0.25, 0.3) is 0 Å². The third kappa shape index (κ3) is 1.59. The summed E-state index contributed by atoms with van der Waals surface area (Å²) in [4.78, 5) is 23.6. The highest BCUT2D eigenvalue weighted by Crippen LogP contribution is 2.18. The van der Waals surface area contributed by atoms with E-state index in [4.69, 9.17) is 0 Å². The van der Waals surface area contributed by atoms with Crippen molar-refractivity contribution < 1.29 is 18.0 Å². The van der Waals surface area contributed by atoms with Gasteiger partial charge in [-0.05, 0) is 0 Å². The Hall–Kier alpha value is -1.11. The summed E-state index contributed by atoms with van der Waals surface area (Å²) in [6.45, 7) is -0.0333. The third-order valence-electron chi connectivity index (χ3n) is 2.40. The first-order valence-electron chi connectivity index (χ1n) is 4.24. The minimum Gasteiger partial charge on any atom is -0.345 e. The van der Waals surface area contributed by atoms with Crippen LogP contribution in [-0.2, 0) is 19.4 Å². The molecule has 1 N–H and O–H groups in total. The van der Waals surface area contributed by atoms with Gasteiger partial charge in [-0.25, -0.2) is 8.42 Å². The number of nitrogens with zero attached hydrogens (tertiary/aromatic N) is 1. The van der Waals surface area contributed by atoms with E-state index >= 15 is 0 Å². The van der Waals surface area contributed by atoms with Gasteiger partial charge in [-0.1, -0.05) is 0 Å². The van der Waals surface area contributed by atoms with Crippen LogP contribution in [0.1, 0.15) is 0 Å². The summed E-state index contributed by atoms with van der Waals surface area (Å²) in [6.07, 6.45) is 0. The third-order valence-corrected chi connectivity index (χ3v) is 4.19. The first-order chi connectivity index (χ1) is 6.48. The van der Waals surface area contributed by atoms with Gasteiger partial charge in [-0.3, -0.25) is 9.59 Å². The van der Waals surface area contributed by atoms with Gasteiger partial charge in [0, 0.05) is 0 Å². The topological polar surface area (TPSA) is 83.6 Å². The number of nitrogens with one attached hydrogen (secondary N) is 1. The van der Waals surface area contributed by atoms with Gasteiger partial charge in [0.2, 0.25) is 11.8 Å². The normalized spacial score (nSPS) is 27.0. The molecule has 14 heavy (non-hydrogen) atoms. The zero-order valence-corrected chi connectivity index (χ0v) is 8.21. The van der Waals surface area contributed by atoms with E-state index in [0.29, 0.717) is 0 Å². The Balaban J connectivity index is 2.04. The monoisotopic (exact) mass is 218 g/mol. The van der Waals surface area contributed by atoms with Crippen molar-refractivity contribution in [2.45, 2.75) is 6.04 Å². The fourth-order valence-corrected chi connectivity index (χ4v) is 3.06. The predicted molar refractivity (Wildman–Crippen MR) is 47.2 cm³/mol. The Morgan fingerprint density at radius 1 is 1.29 bits per heavy atom. The lowest BCUT2D eigenvalue weighted by Crippen LogP contribution is -2.62. The predicted octanol–water partition coefficient (Wildman–Crippen LogP) is -2.26. The van der Waals surface area contributed by atoms with Crippen LogP contribution in [0.15, 0.2) is 0 Å². The maximum atomic E-state index is 11.3. The second-order valence-electron chi connectivity index (χ2n) is 3.53. The Kier molecular flexibility index (Phi) is 1.99. The molecule has 0 unspecified atom stereocenters. The number of piperazine rings is 1. The van der Waals surface area contributed by atoms with Gasteiger partial charge in [-0.15, -0.1) is 0 Å². The zero-order chi connectivity index (χ0) is 10.3. The molecule has 2 fully saturated rings. The molecule has 2 aliphatic heterocycles. The van der Waals surface area contributed by atoms with Gasteiger partial charge in [-0.2, -0.15) is 0 Å². The fourth-order valence-electron chi connectivity index (χ4n) is 1.62. The van der Waals surface area contributed by atoms with E-state index in [-0.39, 0.29) is 42.5 Å². The van der Waals surface area contributed by atoms with Gasteiger partial charge in [0.05, 0.1) is 30.6 Å². The van der Waals surface area contributed by atoms with Crippen LogP contribution in [0.5, 0.6) is 0 Å². The lowest BCUT2D eigenvalue weighted by Gasteiger charge is -2.38. The molecular weight excluding hydrogens is 208 g/mol. The Morgan fingerprint density at radius 3 is 2.50 bits per heavy atom. The lowest BCUT2D eigenvalue weighted by atomic mass is 10.2. The summed E-state index contributed by atoms with van der Waals surface area (Å²) in [5, 5.41) is 2.41. The van der Waals surface area contributed by atoms with E-state index in [1.54, 1.807) is 0 Å². The second kappa shape index (κ2) is 2.94. The molecular formula is C7H10N2O4S. The standard InChI is InChI=1S/C7H10N2O4S/c10-6-2-9(7(11)1-8-6)5-3-14(12,13)4-5/h5H,1-4H2,(H,8,10). The largest absolute Gasteiger partial charge is 0.345 e. The van der Waals surface area contributed by atoms with Crippen molar-refractivity contribution in [3.8, 4) is 0 Å². The van der Waals surface area contributed by atoms with Crippen molar-refractivity contribution in [1.82, 2.24) is 10.2 Å². The average molecular weight is 218 g/mol. The summed E-state index contributed by atoms with van der Waals surface area (Å²) < 4.78 is 21.8.